The van der Waals surface area contributed by atoms with Crippen LogP contribution in [0.1, 0.15) is 18.1 Å². The highest BCUT2D eigenvalue weighted by atomic mass is 19.1. The highest BCUT2D eigenvalue weighted by molar-refractivity contribution is 5.73. The van der Waals surface area contributed by atoms with Gasteiger partial charge in [0.1, 0.15) is 5.82 Å². The van der Waals surface area contributed by atoms with Gasteiger partial charge in [-0.25, -0.2) is 4.39 Å². The van der Waals surface area contributed by atoms with Gasteiger partial charge < -0.3 is 5.32 Å². The second-order valence-corrected chi connectivity index (χ2v) is 3.34. The molecule has 15 heavy (non-hydrogen) atoms. The van der Waals surface area contributed by atoms with E-state index in [1.54, 1.807) is 18.2 Å². The molecule has 0 heterocycles. The predicted molar refractivity (Wildman–Crippen MR) is 58.9 cm³/mol. The molecule has 1 rings (SSSR count). The predicted octanol–water partition coefficient (Wildman–Crippen LogP) is 2.28. The van der Waals surface area contributed by atoms with Crippen LogP contribution in [0.25, 0.3) is 6.08 Å². The van der Waals surface area contributed by atoms with E-state index >= 15 is 0 Å². The zero-order chi connectivity index (χ0) is 11.3. The fraction of sp³-hybridized carbons (Fsp3) is 0.250. The fourth-order valence-electron chi connectivity index (χ4n) is 1.18. The van der Waals surface area contributed by atoms with E-state index in [1.165, 1.54) is 19.1 Å². The number of hydrogen-bond acceptors (Lipinski definition) is 1. The molecular formula is C12H14FNO. The smallest absolute Gasteiger partial charge is 0.217 e. The van der Waals surface area contributed by atoms with Crippen molar-refractivity contribution in [3.8, 4) is 0 Å². The molecule has 0 saturated carbocycles. The minimum Gasteiger partial charge on any atom is -0.353 e. The quantitative estimate of drug-likeness (QED) is 0.809. The number of aryl methyl sites for hydroxylation is 1. The van der Waals surface area contributed by atoms with Gasteiger partial charge in [0.05, 0.1) is 0 Å². The van der Waals surface area contributed by atoms with Crippen molar-refractivity contribution in [3.05, 3.63) is 41.2 Å². The topological polar surface area (TPSA) is 29.1 Å². The van der Waals surface area contributed by atoms with Crippen molar-refractivity contribution in [2.45, 2.75) is 13.8 Å². The summed E-state index contributed by atoms with van der Waals surface area (Å²) in [6, 6.07) is 4.63. The van der Waals surface area contributed by atoms with E-state index in [9.17, 15) is 9.18 Å². The summed E-state index contributed by atoms with van der Waals surface area (Å²) in [5.41, 5.74) is 1.84. The number of halogens is 1. The van der Waals surface area contributed by atoms with Gasteiger partial charge in [0, 0.05) is 13.5 Å². The zero-order valence-corrected chi connectivity index (χ0v) is 8.88. The molecule has 1 amide bonds. The van der Waals surface area contributed by atoms with Crippen molar-refractivity contribution >= 4 is 12.0 Å². The van der Waals surface area contributed by atoms with Crippen molar-refractivity contribution in [1.82, 2.24) is 5.32 Å². The van der Waals surface area contributed by atoms with Crippen LogP contribution in [0.5, 0.6) is 0 Å². The fourth-order valence-corrected chi connectivity index (χ4v) is 1.18. The second-order valence-electron chi connectivity index (χ2n) is 3.34. The molecule has 80 valence electrons. The monoisotopic (exact) mass is 207 g/mol. The summed E-state index contributed by atoms with van der Waals surface area (Å²) >= 11 is 0. The van der Waals surface area contributed by atoms with Crippen molar-refractivity contribution in [3.63, 3.8) is 0 Å². The molecule has 0 unspecified atom stereocenters. The summed E-state index contributed by atoms with van der Waals surface area (Å²) in [6.07, 6.45) is 3.59. The van der Waals surface area contributed by atoms with E-state index in [0.29, 0.717) is 6.54 Å². The number of carbonyl (C=O) groups excluding carboxylic acids is 1. The van der Waals surface area contributed by atoms with Gasteiger partial charge in [-0.2, -0.15) is 0 Å². The third-order valence-corrected chi connectivity index (χ3v) is 2.01. The minimum absolute atomic E-state index is 0.0735. The average Bonchev–Trinajstić information content (AvgIpc) is 2.17. The molecule has 0 saturated heterocycles. The Morgan fingerprint density at radius 3 is 2.93 bits per heavy atom. The summed E-state index contributed by atoms with van der Waals surface area (Å²) in [7, 11) is 0. The molecule has 1 aromatic carbocycles. The van der Waals surface area contributed by atoms with Gasteiger partial charge in [0.2, 0.25) is 5.91 Å². The Morgan fingerprint density at radius 2 is 2.27 bits per heavy atom. The highest BCUT2D eigenvalue weighted by Crippen LogP contribution is 2.11. The first-order valence-electron chi connectivity index (χ1n) is 4.76. The second kappa shape index (κ2) is 5.29. The van der Waals surface area contributed by atoms with E-state index in [1.807, 2.05) is 6.92 Å². The van der Waals surface area contributed by atoms with Crippen molar-refractivity contribution in [1.29, 1.82) is 0 Å². The lowest BCUT2D eigenvalue weighted by molar-refractivity contribution is -0.118. The number of amides is 1. The molecule has 1 N–H and O–H groups in total. The maximum atomic E-state index is 12.9. The van der Waals surface area contributed by atoms with Gasteiger partial charge in [-0.05, 0) is 30.2 Å². The van der Waals surface area contributed by atoms with Gasteiger partial charge in [-0.3, -0.25) is 4.79 Å². The maximum Gasteiger partial charge on any atom is 0.217 e. The standard InChI is InChI=1S/C12H14FNO/c1-9-5-6-12(13)8-11(9)4-3-7-14-10(2)15/h3-6,8H,7H2,1-2H3,(H,14,15). The van der Waals surface area contributed by atoms with E-state index in [2.05, 4.69) is 5.32 Å². The molecule has 0 aliphatic heterocycles. The van der Waals surface area contributed by atoms with Crippen molar-refractivity contribution < 1.29 is 9.18 Å². The molecule has 0 aliphatic rings. The maximum absolute atomic E-state index is 12.9. The van der Waals surface area contributed by atoms with Crippen LogP contribution in [0, 0.1) is 12.7 Å². The third kappa shape index (κ3) is 3.94. The Hall–Kier alpha value is -1.64. The van der Waals surface area contributed by atoms with Gasteiger partial charge >= 0.3 is 0 Å². The highest BCUT2D eigenvalue weighted by Gasteiger charge is 1.95. The van der Waals surface area contributed by atoms with Gasteiger partial charge in [-0.1, -0.05) is 18.2 Å². The number of nitrogens with one attached hydrogen (secondary N) is 1. The van der Waals surface area contributed by atoms with Crippen LogP contribution in [0.15, 0.2) is 24.3 Å². The Morgan fingerprint density at radius 1 is 1.53 bits per heavy atom. The van der Waals surface area contributed by atoms with Gasteiger partial charge in [0.15, 0.2) is 0 Å². The summed E-state index contributed by atoms with van der Waals surface area (Å²) in [6.45, 7) is 3.84. The molecule has 0 fully saturated rings. The van der Waals surface area contributed by atoms with Crippen LogP contribution in [0.4, 0.5) is 4.39 Å². The minimum atomic E-state index is -0.250. The summed E-state index contributed by atoms with van der Waals surface area (Å²) in [5.74, 6) is -0.324. The summed E-state index contributed by atoms with van der Waals surface area (Å²) in [5, 5.41) is 2.63. The van der Waals surface area contributed by atoms with E-state index in [-0.39, 0.29) is 11.7 Å². The lowest BCUT2D eigenvalue weighted by atomic mass is 10.1. The lowest BCUT2D eigenvalue weighted by Crippen LogP contribution is -2.19. The Bertz CT molecular complexity index is 385. The van der Waals surface area contributed by atoms with Crippen LogP contribution < -0.4 is 5.32 Å². The SMILES string of the molecule is CC(=O)NCC=Cc1cc(F)ccc1C. The Balaban J connectivity index is 2.63. The van der Waals surface area contributed by atoms with Crippen molar-refractivity contribution in [2.24, 2.45) is 0 Å². The first-order valence-corrected chi connectivity index (χ1v) is 4.76. The molecule has 0 radical (unpaired) electrons. The van der Waals surface area contributed by atoms with Crippen LogP contribution >= 0.6 is 0 Å². The van der Waals surface area contributed by atoms with E-state index in [0.717, 1.165) is 11.1 Å². The van der Waals surface area contributed by atoms with Crippen LogP contribution in [0.3, 0.4) is 0 Å². The Labute approximate surface area is 88.8 Å². The van der Waals surface area contributed by atoms with E-state index < -0.39 is 0 Å². The molecule has 0 aromatic heterocycles. The molecular weight excluding hydrogens is 193 g/mol. The molecule has 0 spiro atoms. The molecule has 0 aliphatic carbocycles. The molecule has 3 heteroatoms. The molecule has 0 atom stereocenters. The largest absolute Gasteiger partial charge is 0.353 e. The first-order chi connectivity index (χ1) is 7.09. The number of carbonyl (C=O) groups is 1. The van der Waals surface area contributed by atoms with Gasteiger partial charge in [0.25, 0.3) is 0 Å². The lowest BCUT2D eigenvalue weighted by Gasteiger charge is -2.00. The molecule has 2 nitrogen and oxygen atoms in total. The third-order valence-electron chi connectivity index (χ3n) is 2.01. The number of benzene rings is 1. The van der Waals surface area contributed by atoms with Crippen molar-refractivity contribution in [2.75, 3.05) is 6.54 Å². The molecule has 1 aromatic rings. The zero-order valence-electron chi connectivity index (χ0n) is 8.88. The first kappa shape index (κ1) is 11.4. The number of hydrogen-bond donors (Lipinski definition) is 1. The van der Waals surface area contributed by atoms with Crippen LogP contribution in [0.2, 0.25) is 0 Å². The number of rotatable bonds is 3. The van der Waals surface area contributed by atoms with Gasteiger partial charge in [-0.15, -0.1) is 0 Å². The summed E-state index contributed by atoms with van der Waals surface area (Å²) in [4.78, 5) is 10.6. The average molecular weight is 207 g/mol. The van der Waals surface area contributed by atoms with E-state index in [4.69, 9.17) is 0 Å². The Kier molecular flexibility index (Phi) is 4.03. The van der Waals surface area contributed by atoms with Crippen LogP contribution in [-0.4, -0.2) is 12.5 Å². The summed E-state index contributed by atoms with van der Waals surface area (Å²) < 4.78 is 12.9. The van der Waals surface area contributed by atoms with Crippen LogP contribution in [-0.2, 0) is 4.79 Å². The normalized spacial score (nSPS) is 10.6. The molecule has 0 bridgehead atoms.